The fourth-order valence-corrected chi connectivity index (χ4v) is 2.99. The summed E-state index contributed by atoms with van der Waals surface area (Å²) < 4.78 is 8.04. The van der Waals surface area contributed by atoms with E-state index in [2.05, 4.69) is 15.4 Å². The highest BCUT2D eigenvalue weighted by Crippen LogP contribution is 2.14. The first-order chi connectivity index (χ1) is 15.2. The summed E-state index contributed by atoms with van der Waals surface area (Å²) in [4.78, 5) is 53.1. The van der Waals surface area contributed by atoms with E-state index in [4.69, 9.17) is 4.74 Å². The minimum absolute atomic E-state index is 0.0701. The maximum atomic E-state index is 12.6. The first kappa shape index (κ1) is 22.9. The molecule has 1 N–H and O–H groups in total. The summed E-state index contributed by atoms with van der Waals surface area (Å²) >= 11 is 0. The van der Waals surface area contributed by atoms with Gasteiger partial charge in [0.2, 0.25) is 11.7 Å². The second kappa shape index (κ2) is 9.54. The predicted molar refractivity (Wildman–Crippen MR) is 117 cm³/mol. The van der Waals surface area contributed by atoms with Gasteiger partial charge < -0.3 is 10.1 Å². The van der Waals surface area contributed by atoms with E-state index in [-0.39, 0.29) is 36.1 Å². The zero-order valence-electron chi connectivity index (χ0n) is 18.4. The van der Waals surface area contributed by atoms with Crippen molar-refractivity contribution in [1.82, 2.24) is 19.3 Å². The molecule has 0 aliphatic heterocycles. The van der Waals surface area contributed by atoms with Gasteiger partial charge in [0.05, 0.1) is 18.9 Å². The molecule has 3 rings (SSSR count). The fraction of sp³-hybridized carbons (Fsp3) is 0.364. The number of aryl methyl sites for hydroxylation is 2. The van der Waals surface area contributed by atoms with E-state index < -0.39 is 12.1 Å². The molecule has 1 atom stereocenters. The van der Waals surface area contributed by atoms with E-state index in [0.29, 0.717) is 22.3 Å². The van der Waals surface area contributed by atoms with Gasteiger partial charge in [-0.1, -0.05) is 13.8 Å². The van der Waals surface area contributed by atoms with Crippen LogP contribution in [0.15, 0.2) is 41.6 Å². The molecule has 32 heavy (non-hydrogen) atoms. The Hall–Kier alpha value is -3.82. The molecule has 0 saturated carbocycles. The molecule has 1 unspecified atom stereocenters. The second-order valence-electron chi connectivity index (χ2n) is 7.72. The first-order valence-corrected chi connectivity index (χ1v) is 10.2. The third-order valence-electron chi connectivity index (χ3n) is 4.91. The maximum absolute atomic E-state index is 12.6. The van der Waals surface area contributed by atoms with Crippen LogP contribution in [0.25, 0.3) is 11.0 Å². The molecule has 10 nitrogen and oxygen atoms in total. The molecule has 1 aromatic carbocycles. The molecule has 1 amide bonds. The van der Waals surface area contributed by atoms with Crippen molar-refractivity contribution in [3.8, 4) is 0 Å². The molecular weight excluding hydrogens is 414 g/mol. The molecule has 168 valence electrons. The van der Waals surface area contributed by atoms with Crippen molar-refractivity contribution in [1.29, 1.82) is 0 Å². The lowest BCUT2D eigenvalue weighted by Crippen LogP contribution is -2.27. The van der Waals surface area contributed by atoms with Crippen LogP contribution in [0.5, 0.6) is 0 Å². The molecule has 0 bridgehead atoms. The molecular formula is C22H25N5O5. The van der Waals surface area contributed by atoms with Crippen molar-refractivity contribution < 1.29 is 19.1 Å². The van der Waals surface area contributed by atoms with Crippen molar-refractivity contribution in [2.45, 2.75) is 39.8 Å². The van der Waals surface area contributed by atoms with Gasteiger partial charge in [-0.25, -0.2) is 4.98 Å². The van der Waals surface area contributed by atoms with Crippen LogP contribution in [-0.2, 0) is 27.9 Å². The van der Waals surface area contributed by atoms with E-state index in [9.17, 15) is 19.2 Å². The summed E-state index contributed by atoms with van der Waals surface area (Å²) in [5, 5.41) is 7.10. The van der Waals surface area contributed by atoms with Gasteiger partial charge in [-0.3, -0.25) is 28.4 Å². The normalized spacial score (nSPS) is 12.0. The van der Waals surface area contributed by atoms with Gasteiger partial charge in [0, 0.05) is 30.8 Å². The number of ether oxygens (including phenoxy) is 1. The van der Waals surface area contributed by atoms with Crippen molar-refractivity contribution in [3.63, 3.8) is 0 Å². The molecule has 0 aliphatic rings. The summed E-state index contributed by atoms with van der Waals surface area (Å²) in [7, 11) is 1.68. The topological polar surface area (TPSA) is 125 Å². The number of amides is 1. The maximum Gasteiger partial charge on any atom is 0.308 e. The number of carbonyl (C=O) groups excluding carboxylic acids is 3. The quantitative estimate of drug-likeness (QED) is 0.420. The van der Waals surface area contributed by atoms with Crippen molar-refractivity contribution in [2.24, 2.45) is 13.0 Å². The average Bonchev–Trinajstić information content (AvgIpc) is 3.14. The first-order valence-electron chi connectivity index (χ1n) is 10.2. The zero-order chi connectivity index (χ0) is 23.4. The van der Waals surface area contributed by atoms with Gasteiger partial charge in [-0.2, -0.15) is 5.10 Å². The van der Waals surface area contributed by atoms with E-state index >= 15 is 0 Å². The van der Waals surface area contributed by atoms with E-state index in [1.165, 1.54) is 28.7 Å². The standard InChI is InChI=1S/C22H25N5O5/c1-13(2)21(30)25-16-7-5-15(6-8-16)19(29)14(3)32-18(28)9-10-27-12-23-20-17(22(27)31)11-24-26(20)4/h5-8,11-14H,9-10H2,1-4H3,(H,25,30). The molecule has 2 heterocycles. The summed E-state index contributed by atoms with van der Waals surface area (Å²) in [6.07, 6.45) is 1.70. The second-order valence-corrected chi connectivity index (χ2v) is 7.72. The summed E-state index contributed by atoms with van der Waals surface area (Å²) in [5.74, 6) is -1.25. The Balaban J connectivity index is 1.56. The Morgan fingerprint density at radius 3 is 2.47 bits per heavy atom. The Kier molecular flexibility index (Phi) is 6.82. The number of hydrogen-bond donors (Lipinski definition) is 1. The van der Waals surface area contributed by atoms with Gasteiger partial charge in [-0.15, -0.1) is 0 Å². The summed E-state index contributed by atoms with van der Waals surface area (Å²) in [5.41, 5.74) is 1.09. The number of Topliss-reactive ketones (excluding diaryl/α,β-unsaturated/α-hetero) is 1. The molecule has 0 radical (unpaired) electrons. The molecule has 2 aromatic heterocycles. The smallest absolute Gasteiger partial charge is 0.308 e. The van der Waals surface area contributed by atoms with Gasteiger partial charge in [0.1, 0.15) is 5.39 Å². The van der Waals surface area contributed by atoms with Gasteiger partial charge in [-0.05, 0) is 31.2 Å². The van der Waals surface area contributed by atoms with E-state index in [0.717, 1.165) is 0 Å². The van der Waals surface area contributed by atoms with Crippen molar-refractivity contribution in [3.05, 3.63) is 52.7 Å². The van der Waals surface area contributed by atoms with Gasteiger partial charge in [0.25, 0.3) is 5.56 Å². The Bertz CT molecular complexity index is 1210. The van der Waals surface area contributed by atoms with Crippen LogP contribution in [0.4, 0.5) is 5.69 Å². The highest BCUT2D eigenvalue weighted by molar-refractivity contribution is 6.01. The highest BCUT2D eigenvalue weighted by Gasteiger charge is 2.20. The van der Waals surface area contributed by atoms with Crippen LogP contribution in [0.3, 0.4) is 0 Å². The largest absolute Gasteiger partial charge is 0.454 e. The van der Waals surface area contributed by atoms with Crippen LogP contribution < -0.4 is 10.9 Å². The predicted octanol–water partition coefficient (Wildman–Crippen LogP) is 1.93. The average molecular weight is 439 g/mol. The number of nitrogens with zero attached hydrogens (tertiary/aromatic N) is 4. The monoisotopic (exact) mass is 439 g/mol. The van der Waals surface area contributed by atoms with E-state index in [1.807, 2.05) is 0 Å². The zero-order valence-corrected chi connectivity index (χ0v) is 18.4. The Morgan fingerprint density at radius 1 is 1.12 bits per heavy atom. The van der Waals surface area contributed by atoms with Crippen LogP contribution in [0.2, 0.25) is 0 Å². The summed E-state index contributed by atoms with van der Waals surface area (Å²) in [6.45, 7) is 5.13. The number of fused-ring (bicyclic) bond motifs is 1. The van der Waals surface area contributed by atoms with Crippen LogP contribution in [0.1, 0.15) is 37.6 Å². The number of benzene rings is 1. The number of carbonyl (C=O) groups is 3. The van der Waals surface area contributed by atoms with Crippen LogP contribution in [-0.4, -0.2) is 43.1 Å². The molecule has 0 fully saturated rings. The molecule has 0 aliphatic carbocycles. The molecule has 0 saturated heterocycles. The van der Waals surface area contributed by atoms with Crippen LogP contribution in [0, 0.1) is 5.92 Å². The lowest BCUT2D eigenvalue weighted by atomic mass is 10.1. The number of ketones is 1. The third kappa shape index (κ3) is 5.08. The minimum atomic E-state index is -0.991. The van der Waals surface area contributed by atoms with Gasteiger partial charge in [0.15, 0.2) is 11.8 Å². The van der Waals surface area contributed by atoms with Crippen LogP contribution >= 0.6 is 0 Å². The highest BCUT2D eigenvalue weighted by atomic mass is 16.5. The molecule has 0 spiro atoms. The minimum Gasteiger partial charge on any atom is -0.454 e. The fourth-order valence-electron chi connectivity index (χ4n) is 2.99. The molecule has 3 aromatic rings. The Labute approximate surface area is 184 Å². The number of anilines is 1. The lowest BCUT2D eigenvalue weighted by Gasteiger charge is -2.13. The number of nitrogens with one attached hydrogen (secondary N) is 1. The molecule has 10 heteroatoms. The van der Waals surface area contributed by atoms with Gasteiger partial charge >= 0.3 is 5.97 Å². The number of esters is 1. The lowest BCUT2D eigenvalue weighted by molar-refractivity contribution is -0.146. The van der Waals surface area contributed by atoms with Crippen molar-refractivity contribution >= 4 is 34.4 Å². The summed E-state index contributed by atoms with van der Waals surface area (Å²) in [6, 6.07) is 6.38. The Morgan fingerprint density at radius 2 is 1.81 bits per heavy atom. The van der Waals surface area contributed by atoms with E-state index in [1.54, 1.807) is 45.2 Å². The van der Waals surface area contributed by atoms with Crippen molar-refractivity contribution in [2.75, 3.05) is 5.32 Å². The number of aromatic nitrogens is 4. The third-order valence-corrected chi connectivity index (χ3v) is 4.91. The SMILES string of the molecule is CC(C)C(=O)Nc1ccc(C(=O)C(C)OC(=O)CCn2cnc3c(cnn3C)c2=O)cc1. The number of hydrogen-bond acceptors (Lipinski definition) is 7. The number of rotatable bonds is 8.